The van der Waals surface area contributed by atoms with Crippen molar-refractivity contribution in [3.8, 4) is 0 Å². The number of carbonyl (C=O) groups is 1. The minimum Gasteiger partial charge on any atom is -0.384 e. The molecule has 136 valence electrons. The van der Waals surface area contributed by atoms with E-state index in [9.17, 15) is 13.2 Å². The third kappa shape index (κ3) is 3.39. The molecular weight excluding hydrogens is 328 g/mol. The van der Waals surface area contributed by atoms with E-state index in [1.807, 2.05) is 4.90 Å². The van der Waals surface area contributed by atoms with Gasteiger partial charge in [0.2, 0.25) is 15.9 Å². The summed E-state index contributed by atoms with van der Waals surface area (Å²) < 4.78 is 30.9. The van der Waals surface area contributed by atoms with Gasteiger partial charge in [0.25, 0.3) is 0 Å². The Morgan fingerprint density at radius 2 is 2.08 bits per heavy atom. The zero-order valence-corrected chi connectivity index (χ0v) is 15.5. The molecule has 1 aliphatic carbocycles. The lowest BCUT2D eigenvalue weighted by Gasteiger charge is -2.42. The summed E-state index contributed by atoms with van der Waals surface area (Å²) in [6.07, 6.45) is 8.05. The molecule has 1 atom stereocenters. The van der Waals surface area contributed by atoms with Gasteiger partial charge in [-0.15, -0.1) is 0 Å². The Morgan fingerprint density at radius 3 is 2.62 bits per heavy atom. The van der Waals surface area contributed by atoms with E-state index in [4.69, 9.17) is 4.74 Å². The number of ether oxygens (including phenoxy) is 1. The van der Waals surface area contributed by atoms with Crippen molar-refractivity contribution in [3.63, 3.8) is 0 Å². The molecule has 6 nitrogen and oxygen atoms in total. The first kappa shape index (κ1) is 17.9. The van der Waals surface area contributed by atoms with Gasteiger partial charge in [-0.05, 0) is 37.5 Å². The monoisotopic (exact) mass is 356 g/mol. The van der Waals surface area contributed by atoms with Crippen LogP contribution in [0.1, 0.15) is 32.1 Å². The molecule has 2 saturated heterocycles. The summed E-state index contributed by atoms with van der Waals surface area (Å²) in [6.45, 7) is 3.10. The quantitative estimate of drug-likeness (QED) is 0.760. The largest absolute Gasteiger partial charge is 0.384 e. The van der Waals surface area contributed by atoms with Crippen LogP contribution in [0.25, 0.3) is 0 Å². The highest BCUT2D eigenvalue weighted by Crippen LogP contribution is 2.45. The van der Waals surface area contributed by atoms with Gasteiger partial charge in [0, 0.05) is 44.8 Å². The van der Waals surface area contributed by atoms with Crippen LogP contribution in [-0.4, -0.2) is 69.7 Å². The van der Waals surface area contributed by atoms with Gasteiger partial charge < -0.3 is 9.64 Å². The minimum absolute atomic E-state index is 0.0556. The van der Waals surface area contributed by atoms with Crippen LogP contribution in [0.2, 0.25) is 0 Å². The first-order chi connectivity index (χ1) is 11.4. The third-order valence-electron chi connectivity index (χ3n) is 5.98. The number of piperidine rings is 1. The first-order valence-electron chi connectivity index (χ1n) is 8.78. The van der Waals surface area contributed by atoms with Crippen LogP contribution in [0.15, 0.2) is 11.6 Å². The maximum Gasteiger partial charge on any atom is 0.249 e. The number of methoxy groups -OCH3 is 1. The summed E-state index contributed by atoms with van der Waals surface area (Å²) in [4.78, 5) is 14.5. The smallest absolute Gasteiger partial charge is 0.249 e. The van der Waals surface area contributed by atoms with Crippen molar-refractivity contribution in [1.29, 1.82) is 0 Å². The van der Waals surface area contributed by atoms with E-state index >= 15 is 0 Å². The van der Waals surface area contributed by atoms with Crippen molar-refractivity contribution in [2.45, 2.75) is 32.1 Å². The lowest BCUT2D eigenvalue weighted by molar-refractivity contribution is -0.130. The van der Waals surface area contributed by atoms with E-state index < -0.39 is 10.0 Å². The Balaban J connectivity index is 1.69. The van der Waals surface area contributed by atoms with Gasteiger partial charge in [-0.2, -0.15) is 0 Å². The molecule has 0 saturated carbocycles. The predicted octanol–water partition coefficient (Wildman–Crippen LogP) is 1.24. The number of rotatable bonds is 4. The van der Waals surface area contributed by atoms with Crippen LogP contribution in [-0.2, 0) is 19.6 Å². The van der Waals surface area contributed by atoms with E-state index in [0.717, 1.165) is 37.7 Å². The molecule has 0 N–H and O–H groups in total. The molecule has 0 aromatic carbocycles. The van der Waals surface area contributed by atoms with Crippen molar-refractivity contribution in [2.75, 3.05) is 46.2 Å². The molecule has 2 fully saturated rings. The molecule has 24 heavy (non-hydrogen) atoms. The maximum atomic E-state index is 12.6. The zero-order valence-electron chi connectivity index (χ0n) is 14.7. The number of sulfonamides is 1. The average Bonchev–Trinajstić information content (AvgIpc) is 3.17. The SMILES string of the molecule is COC[C@H]1CN(S(C)(=O)=O)CC12CCN(C(=O)C1=CCCC1)CC2. The Bertz CT molecular complexity index is 621. The number of hydrogen-bond donors (Lipinski definition) is 0. The van der Waals surface area contributed by atoms with E-state index in [1.54, 1.807) is 11.4 Å². The van der Waals surface area contributed by atoms with E-state index in [1.165, 1.54) is 6.26 Å². The fraction of sp³-hybridized carbons (Fsp3) is 0.824. The highest BCUT2D eigenvalue weighted by atomic mass is 32.2. The summed E-state index contributed by atoms with van der Waals surface area (Å²) in [5.41, 5.74) is 0.906. The van der Waals surface area contributed by atoms with Crippen molar-refractivity contribution in [1.82, 2.24) is 9.21 Å². The first-order valence-corrected chi connectivity index (χ1v) is 10.6. The number of nitrogens with zero attached hydrogens (tertiary/aromatic N) is 2. The van der Waals surface area contributed by atoms with Crippen molar-refractivity contribution in [3.05, 3.63) is 11.6 Å². The second kappa shape index (κ2) is 6.77. The van der Waals surface area contributed by atoms with Crippen LogP contribution in [0.4, 0.5) is 0 Å². The molecule has 0 aromatic rings. The maximum absolute atomic E-state index is 12.6. The zero-order chi connectivity index (χ0) is 17.4. The van der Waals surface area contributed by atoms with Gasteiger partial charge in [-0.25, -0.2) is 12.7 Å². The van der Waals surface area contributed by atoms with Crippen molar-refractivity contribution < 1.29 is 17.9 Å². The number of likely N-dealkylation sites (tertiary alicyclic amines) is 1. The number of carbonyl (C=O) groups excluding carboxylic acids is 1. The molecule has 0 bridgehead atoms. The second-order valence-electron chi connectivity index (χ2n) is 7.48. The summed E-state index contributed by atoms with van der Waals surface area (Å²) in [6, 6.07) is 0. The summed E-state index contributed by atoms with van der Waals surface area (Å²) in [7, 11) is -1.52. The van der Waals surface area contributed by atoms with Crippen LogP contribution < -0.4 is 0 Å². The molecule has 0 aromatic heterocycles. The highest BCUT2D eigenvalue weighted by molar-refractivity contribution is 7.88. The standard InChI is InChI=1S/C17H28N2O4S/c1-23-12-15-11-19(24(2,21)22)13-17(15)7-9-18(10-8-17)16(20)14-5-3-4-6-14/h5,15H,3-4,6-13H2,1-2H3/t15-/m1/s1. The van der Waals surface area contributed by atoms with Gasteiger partial charge in [0.05, 0.1) is 12.9 Å². The second-order valence-corrected chi connectivity index (χ2v) is 9.47. The molecule has 0 unspecified atom stereocenters. The van der Waals surface area contributed by atoms with Gasteiger partial charge in [0.15, 0.2) is 0 Å². The van der Waals surface area contributed by atoms with E-state index in [0.29, 0.717) is 32.8 Å². The summed E-state index contributed by atoms with van der Waals surface area (Å²) >= 11 is 0. The molecule has 2 aliphatic heterocycles. The third-order valence-corrected chi connectivity index (χ3v) is 7.20. The number of amides is 1. The Labute approximate surface area is 144 Å². The molecule has 1 amide bonds. The Kier molecular flexibility index (Phi) is 5.04. The topological polar surface area (TPSA) is 66.9 Å². The number of hydrogen-bond acceptors (Lipinski definition) is 4. The fourth-order valence-electron chi connectivity index (χ4n) is 4.46. The molecule has 3 aliphatic rings. The lowest BCUT2D eigenvalue weighted by Crippen LogP contribution is -2.47. The van der Waals surface area contributed by atoms with Crippen LogP contribution in [0.3, 0.4) is 0 Å². The molecule has 1 spiro atoms. The van der Waals surface area contributed by atoms with Crippen LogP contribution in [0, 0.1) is 11.3 Å². The Morgan fingerprint density at radius 1 is 1.38 bits per heavy atom. The molecule has 2 heterocycles. The Hall–Kier alpha value is -0.920. The van der Waals surface area contributed by atoms with Crippen molar-refractivity contribution >= 4 is 15.9 Å². The molecule has 7 heteroatoms. The van der Waals surface area contributed by atoms with Gasteiger partial charge in [-0.1, -0.05) is 6.08 Å². The molecular formula is C17H28N2O4S. The molecule has 3 rings (SSSR count). The fourth-order valence-corrected chi connectivity index (χ4v) is 5.40. The summed E-state index contributed by atoms with van der Waals surface area (Å²) in [5, 5.41) is 0. The lowest BCUT2D eigenvalue weighted by atomic mass is 9.71. The van der Waals surface area contributed by atoms with Gasteiger partial charge in [0.1, 0.15) is 0 Å². The van der Waals surface area contributed by atoms with E-state index in [2.05, 4.69) is 6.08 Å². The van der Waals surface area contributed by atoms with Crippen molar-refractivity contribution in [2.24, 2.45) is 11.3 Å². The van der Waals surface area contributed by atoms with E-state index in [-0.39, 0.29) is 17.2 Å². The van der Waals surface area contributed by atoms with Gasteiger partial charge >= 0.3 is 0 Å². The van der Waals surface area contributed by atoms with Gasteiger partial charge in [-0.3, -0.25) is 4.79 Å². The number of allylic oxidation sites excluding steroid dienone is 1. The van der Waals surface area contributed by atoms with Crippen LogP contribution in [0.5, 0.6) is 0 Å². The van der Waals surface area contributed by atoms with Crippen LogP contribution >= 0.6 is 0 Å². The minimum atomic E-state index is -3.18. The predicted molar refractivity (Wildman–Crippen MR) is 92.0 cm³/mol. The average molecular weight is 356 g/mol. The molecule has 0 radical (unpaired) electrons. The normalized spacial score (nSPS) is 27.7. The summed E-state index contributed by atoms with van der Waals surface area (Å²) in [5.74, 6) is 0.392. The highest BCUT2D eigenvalue weighted by Gasteiger charge is 2.50.